The first-order chi connectivity index (χ1) is 12.0. The van der Waals surface area contributed by atoms with Gasteiger partial charge < -0.3 is 4.98 Å². The van der Waals surface area contributed by atoms with Crippen LogP contribution in [0.3, 0.4) is 0 Å². The molecule has 0 aliphatic heterocycles. The van der Waals surface area contributed by atoms with Gasteiger partial charge in [0.1, 0.15) is 5.82 Å². The van der Waals surface area contributed by atoms with Crippen molar-refractivity contribution in [2.45, 2.75) is 6.18 Å². The summed E-state index contributed by atoms with van der Waals surface area (Å²) < 4.78 is 38.1. The fourth-order valence-electron chi connectivity index (χ4n) is 2.84. The number of para-hydroxylation sites is 1. The Morgan fingerprint density at radius 3 is 2.12 bits per heavy atom. The fourth-order valence-corrected chi connectivity index (χ4v) is 2.84. The number of hydrogen-bond donors (Lipinski definition) is 1. The number of halogens is 3. The molecule has 2 nitrogen and oxygen atoms in total. The third kappa shape index (κ3) is 2.89. The van der Waals surface area contributed by atoms with Crippen LogP contribution in [-0.4, -0.2) is 9.97 Å². The monoisotopic (exact) mass is 338 g/mol. The molecule has 1 N–H and O–H groups in total. The van der Waals surface area contributed by atoms with Crippen molar-refractivity contribution in [2.24, 2.45) is 0 Å². The summed E-state index contributed by atoms with van der Waals surface area (Å²) >= 11 is 0. The summed E-state index contributed by atoms with van der Waals surface area (Å²) in [5.74, 6) is 0.548. The number of benzene rings is 3. The van der Waals surface area contributed by atoms with Gasteiger partial charge in [0, 0.05) is 11.1 Å². The molecule has 0 aliphatic rings. The fraction of sp³-hybridized carbons (Fsp3) is 0.0500. The van der Waals surface area contributed by atoms with Gasteiger partial charge in [-0.25, -0.2) is 4.98 Å². The number of aromatic amines is 1. The molecule has 4 aromatic rings. The minimum atomic E-state index is -4.34. The predicted octanol–water partition coefficient (Wildman–Crippen LogP) is 5.92. The summed E-state index contributed by atoms with van der Waals surface area (Å²) in [4.78, 5) is 7.80. The van der Waals surface area contributed by atoms with Crippen molar-refractivity contribution in [1.29, 1.82) is 0 Å². The molecule has 4 rings (SSSR count). The lowest BCUT2D eigenvalue weighted by Gasteiger charge is -2.06. The van der Waals surface area contributed by atoms with Gasteiger partial charge in [-0.05, 0) is 23.8 Å². The lowest BCUT2D eigenvalue weighted by Crippen LogP contribution is -2.04. The normalized spacial score (nSPS) is 11.8. The van der Waals surface area contributed by atoms with Gasteiger partial charge in [0.15, 0.2) is 0 Å². The second-order valence-corrected chi connectivity index (χ2v) is 5.73. The molecule has 1 heterocycles. The molecule has 0 bridgehead atoms. The van der Waals surface area contributed by atoms with Gasteiger partial charge in [-0.1, -0.05) is 54.6 Å². The van der Waals surface area contributed by atoms with E-state index in [1.807, 2.05) is 48.5 Å². The minimum Gasteiger partial charge on any atom is -0.338 e. The van der Waals surface area contributed by atoms with E-state index in [2.05, 4.69) is 9.97 Å². The van der Waals surface area contributed by atoms with E-state index in [4.69, 9.17) is 0 Å². The molecule has 1 aromatic heterocycles. The highest BCUT2D eigenvalue weighted by Crippen LogP contribution is 2.32. The van der Waals surface area contributed by atoms with Crippen molar-refractivity contribution in [3.05, 3.63) is 78.4 Å². The molecule has 0 saturated heterocycles. The summed E-state index contributed by atoms with van der Waals surface area (Å²) in [5.41, 5.74) is 3.60. The molecule has 0 radical (unpaired) electrons. The summed E-state index contributed by atoms with van der Waals surface area (Å²) in [6.07, 6.45) is -4.34. The van der Waals surface area contributed by atoms with Crippen molar-refractivity contribution in [2.75, 3.05) is 0 Å². The van der Waals surface area contributed by atoms with Crippen LogP contribution in [0.25, 0.3) is 33.5 Å². The van der Waals surface area contributed by atoms with Crippen molar-refractivity contribution < 1.29 is 13.2 Å². The van der Waals surface area contributed by atoms with E-state index in [1.54, 1.807) is 0 Å². The maximum absolute atomic E-state index is 12.7. The van der Waals surface area contributed by atoms with Crippen molar-refractivity contribution >= 4 is 11.0 Å². The zero-order valence-electron chi connectivity index (χ0n) is 13.0. The molecule has 0 atom stereocenters. The number of nitrogens with one attached hydrogen (secondary N) is 1. The average Bonchev–Trinajstić information content (AvgIpc) is 3.06. The molecule has 0 aliphatic carbocycles. The number of alkyl halides is 3. The maximum atomic E-state index is 12.7. The smallest absolute Gasteiger partial charge is 0.338 e. The molecular weight excluding hydrogens is 325 g/mol. The van der Waals surface area contributed by atoms with Crippen LogP contribution in [0.15, 0.2) is 72.8 Å². The Balaban J connectivity index is 1.80. The first-order valence-corrected chi connectivity index (χ1v) is 7.74. The number of rotatable bonds is 2. The molecule has 0 unspecified atom stereocenters. The maximum Gasteiger partial charge on any atom is 0.416 e. The Labute approximate surface area is 142 Å². The van der Waals surface area contributed by atoms with Crippen molar-refractivity contribution in [3.8, 4) is 22.5 Å². The van der Waals surface area contributed by atoms with Crippen LogP contribution < -0.4 is 0 Å². The van der Waals surface area contributed by atoms with Gasteiger partial charge in [-0.15, -0.1) is 0 Å². The third-order valence-corrected chi connectivity index (χ3v) is 4.08. The van der Waals surface area contributed by atoms with Gasteiger partial charge in [0.2, 0.25) is 0 Å². The highest BCUT2D eigenvalue weighted by Gasteiger charge is 2.30. The first kappa shape index (κ1) is 15.4. The Kier molecular flexibility index (Phi) is 3.57. The largest absolute Gasteiger partial charge is 0.416 e. The second-order valence-electron chi connectivity index (χ2n) is 5.73. The van der Waals surface area contributed by atoms with Gasteiger partial charge >= 0.3 is 6.18 Å². The Hall–Kier alpha value is -3.08. The van der Waals surface area contributed by atoms with Gasteiger partial charge in [0.25, 0.3) is 0 Å². The van der Waals surface area contributed by atoms with Crippen LogP contribution in [-0.2, 0) is 6.18 Å². The second kappa shape index (κ2) is 5.77. The van der Waals surface area contributed by atoms with E-state index >= 15 is 0 Å². The molecule has 25 heavy (non-hydrogen) atoms. The predicted molar refractivity (Wildman–Crippen MR) is 92.0 cm³/mol. The Bertz CT molecular complexity index is 1020. The van der Waals surface area contributed by atoms with Gasteiger partial charge in [-0.2, -0.15) is 13.2 Å². The Morgan fingerprint density at radius 1 is 0.720 bits per heavy atom. The van der Waals surface area contributed by atoms with E-state index in [0.717, 1.165) is 34.3 Å². The summed E-state index contributed by atoms with van der Waals surface area (Å²) in [5, 5.41) is 0. The Morgan fingerprint density at radius 2 is 1.44 bits per heavy atom. The lowest BCUT2D eigenvalue weighted by atomic mass is 10.0. The zero-order chi connectivity index (χ0) is 17.4. The molecule has 124 valence electrons. The number of H-pyrrole nitrogens is 1. The standard InChI is InChI=1S/C20H13F3N2/c21-20(22,23)15-11-9-14(10-12-15)19-24-17-8-4-7-16(18(17)25-19)13-5-2-1-3-6-13/h1-12H,(H,24,25). The van der Waals surface area contributed by atoms with E-state index in [0.29, 0.717) is 11.4 Å². The SMILES string of the molecule is FC(F)(F)c1ccc(-c2nc3c(-c4ccccc4)cccc3[nH]2)cc1. The summed E-state index contributed by atoms with van der Waals surface area (Å²) in [6, 6.07) is 20.7. The zero-order valence-corrected chi connectivity index (χ0v) is 13.0. The first-order valence-electron chi connectivity index (χ1n) is 7.74. The van der Waals surface area contributed by atoms with Crippen LogP contribution in [0, 0.1) is 0 Å². The highest BCUT2D eigenvalue weighted by molar-refractivity contribution is 5.93. The van der Waals surface area contributed by atoms with Crippen molar-refractivity contribution in [3.63, 3.8) is 0 Å². The van der Waals surface area contributed by atoms with Gasteiger partial charge in [-0.3, -0.25) is 0 Å². The quantitative estimate of drug-likeness (QED) is 0.483. The van der Waals surface area contributed by atoms with Crippen LogP contribution in [0.2, 0.25) is 0 Å². The molecular formula is C20H13F3N2. The lowest BCUT2D eigenvalue weighted by molar-refractivity contribution is -0.137. The van der Waals surface area contributed by atoms with E-state index < -0.39 is 11.7 Å². The molecule has 0 amide bonds. The van der Waals surface area contributed by atoms with Crippen LogP contribution in [0.4, 0.5) is 13.2 Å². The summed E-state index contributed by atoms with van der Waals surface area (Å²) in [7, 11) is 0. The van der Waals surface area contributed by atoms with E-state index in [-0.39, 0.29) is 0 Å². The number of nitrogens with zero attached hydrogens (tertiary/aromatic N) is 1. The van der Waals surface area contributed by atoms with Crippen molar-refractivity contribution in [1.82, 2.24) is 9.97 Å². The molecule has 0 fully saturated rings. The third-order valence-electron chi connectivity index (χ3n) is 4.08. The average molecular weight is 338 g/mol. The topological polar surface area (TPSA) is 28.7 Å². The molecule has 0 spiro atoms. The van der Waals surface area contributed by atoms with Crippen LogP contribution in [0.1, 0.15) is 5.56 Å². The number of imidazole rings is 1. The number of fused-ring (bicyclic) bond motifs is 1. The molecule has 3 aromatic carbocycles. The van der Waals surface area contributed by atoms with E-state index in [1.165, 1.54) is 12.1 Å². The van der Waals surface area contributed by atoms with Crippen LogP contribution >= 0.6 is 0 Å². The summed E-state index contributed by atoms with van der Waals surface area (Å²) in [6.45, 7) is 0. The number of aromatic nitrogens is 2. The molecule has 0 saturated carbocycles. The van der Waals surface area contributed by atoms with Gasteiger partial charge in [0.05, 0.1) is 16.6 Å². The minimum absolute atomic E-state index is 0.548. The molecule has 5 heteroatoms. The van der Waals surface area contributed by atoms with E-state index in [9.17, 15) is 13.2 Å². The number of hydrogen-bond acceptors (Lipinski definition) is 1. The highest BCUT2D eigenvalue weighted by atomic mass is 19.4. The van der Waals surface area contributed by atoms with Crippen LogP contribution in [0.5, 0.6) is 0 Å².